The van der Waals surface area contributed by atoms with Crippen molar-refractivity contribution in [2.45, 2.75) is 31.7 Å². The second kappa shape index (κ2) is 10.7. The molecule has 0 spiro atoms. The number of carbonyl (C=O) groups is 1. The second-order valence-electron chi connectivity index (χ2n) is 9.38. The highest BCUT2D eigenvalue weighted by Crippen LogP contribution is 2.30. The summed E-state index contributed by atoms with van der Waals surface area (Å²) in [6.07, 6.45) is 7.52. The molecule has 2 fully saturated rings. The Balaban J connectivity index is 1.14. The number of amides is 1. The number of anilines is 1. The fraction of sp³-hybridized carbons (Fsp3) is 0.407. The summed E-state index contributed by atoms with van der Waals surface area (Å²) in [7, 11) is 0. The van der Waals surface area contributed by atoms with Crippen LogP contribution in [0, 0.1) is 0 Å². The molecule has 0 bridgehead atoms. The van der Waals surface area contributed by atoms with E-state index in [0.717, 1.165) is 70.8 Å². The lowest BCUT2D eigenvalue weighted by atomic mass is 9.98. The zero-order chi connectivity index (χ0) is 24.2. The minimum absolute atomic E-state index is 0.0162. The van der Waals surface area contributed by atoms with Crippen LogP contribution in [0.1, 0.15) is 31.2 Å². The molecule has 0 aliphatic carbocycles. The van der Waals surface area contributed by atoms with E-state index < -0.39 is 0 Å². The molecule has 1 aromatic heterocycles. The number of hydrogen-bond donors (Lipinski definition) is 2. The first-order valence-electron chi connectivity index (χ1n) is 12.4. The van der Waals surface area contributed by atoms with E-state index >= 15 is 0 Å². The number of hydrogen-bond acceptors (Lipinski definition) is 7. The van der Waals surface area contributed by atoms with Crippen LogP contribution in [0.15, 0.2) is 48.5 Å². The Bertz CT molecular complexity index is 1200. The molecule has 8 heteroatoms. The number of piperazine rings is 1. The van der Waals surface area contributed by atoms with Crippen LogP contribution in [0.2, 0.25) is 0 Å². The van der Waals surface area contributed by atoms with Gasteiger partial charge in [0.25, 0.3) is 0 Å². The third-order valence-corrected chi connectivity index (χ3v) is 7.95. The normalized spacial score (nSPS) is 19.6. The molecular weight excluding hydrogens is 460 g/mol. The van der Waals surface area contributed by atoms with Crippen LogP contribution in [0.5, 0.6) is 11.5 Å². The largest absolute Gasteiger partial charge is 0.504 e. The van der Waals surface area contributed by atoms with Gasteiger partial charge >= 0.3 is 0 Å². The summed E-state index contributed by atoms with van der Waals surface area (Å²) >= 11 is 1.57. The van der Waals surface area contributed by atoms with Crippen molar-refractivity contribution in [1.29, 1.82) is 0 Å². The molecule has 2 aliphatic rings. The van der Waals surface area contributed by atoms with Gasteiger partial charge in [-0.1, -0.05) is 18.2 Å². The maximum absolute atomic E-state index is 13.0. The Morgan fingerprint density at radius 3 is 2.69 bits per heavy atom. The molecule has 7 nitrogen and oxygen atoms in total. The van der Waals surface area contributed by atoms with Crippen LogP contribution >= 0.6 is 11.5 Å². The van der Waals surface area contributed by atoms with Crippen molar-refractivity contribution in [3.05, 3.63) is 54.1 Å². The molecule has 2 saturated heterocycles. The lowest BCUT2D eigenvalue weighted by molar-refractivity contribution is -0.129. The van der Waals surface area contributed by atoms with E-state index in [2.05, 4.69) is 34.1 Å². The number of likely N-dealkylation sites (tertiary alicyclic amines) is 1. The average molecular weight is 493 g/mol. The van der Waals surface area contributed by atoms with Crippen molar-refractivity contribution < 1.29 is 15.0 Å². The highest BCUT2D eigenvalue weighted by Gasteiger charge is 2.27. The predicted molar refractivity (Wildman–Crippen MR) is 141 cm³/mol. The molecular formula is C27H32N4O3S. The Hall–Kier alpha value is -3.10. The summed E-state index contributed by atoms with van der Waals surface area (Å²) in [5.74, 6) is 0.786. The first-order valence-corrected chi connectivity index (χ1v) is 13.2. The fourth-order valence-electron chi connectivity index (χ4n) is 5.11. The fourth-order valence-corrected chi connectivity index (χ4v) is 5.91. The van der Waals surface area contributed by atoms with Crippen molar-refractivity contribution in [1.82, 2.24) is 14.2 Å². The van der Waals surface area contributed by atoms with Crippen LogP contribution in [-0.2, 0) is 4.79 Å². The zero-order valence-corrected chi connectivity index (χ0v) is 20.7. The standard InChI is InChI=1S/C27H32N4O3S/c32-23-10-8-20(19-24(23)33)9-11-26(34)31-13-4-3-5-21(31)12-14-29-15-17-30(18-16-29)27-22-6-1-2-7-25(22)35-28-27/h1-2,6-11,19,21,32-33H,3-5,12-18H2/b11-9+/t21-/m1/s1. The number of benzene rings is 2. The Morgan fingerprint density at radius 1 is 1.03 bits per heavy atom. The van der Waals surface area contributed by atoms with Crippen LogP contribution in [0.4, 0.5) is 5.82 Å². The number of phenolic OH excluding ortho intramolecular Hbond substituents is 2. The van der Waals surface area contributed by atoms with Gasteiger partial charge in [0, 0.05) is 56.8 Å². The molecule has 35 heavy (non-hydrogen) atoms. The zero-order valence-electron chi connectivity index (χ0n) is 19.8. The minimum Gasteiger partial charge on any atom is -0.504 e. The van der Waals surface area contributed by atoms with E-state index in [1.165, 1.54) is 22.2 Å². The van der Waals surface area contributed by atoms with E-state index in [0.29, 0.717) is 5.56 Å². The summed E-state index contributed by atoms with van der Waals surface area (Å²) in [6, 6.07) is 13.3. The van der Waals surface area contributed by atoms with E-state index in [1.54, 1.807) is 29.8 Å². The monoisotopic (exact) mass is 492 g/mol. The van der Waals surface area contributed by atoms with Crippen LogP contribution < -0.4 is 4.90 Å². The average Bonchev–Trinajstić information content (AvgIpc) is 3.33. The molecule has 3 heterocycles. The first kappa shape index (κ1) is 23.6. The number of aromatic hydroxyl groups is 2. The lowest BCUT2D eigenvalue weighted by Crippen LogP contribution is -2.49. The third-order valence-electron chi connectivity index (χ3n) is 7.14. The first-order chi connectivity index (χ1) is 17.1. The maximum atomic E-state index is 13.0. The molecule has 0 radical (unpaired) electrons. The molecule has 184 valence electrons. The van der Waals surface area contributed by atoms with Crippen molar-refractivity contribution in [2.75, 3.05) is 44.2 Å². The number of phenols is 2. The van der Waals surface area contributed by atoms with Gasteiger partial charge in [-0.3, -0.25) is 9.69 Å². The smallest absolute Gasteiger partial charge is 0.246 e. The summed E-state index contributed by atoms with van der Waals surface area (Å²) in [5, 5.41) is 20.4. The maximum Gasteiger partial charge on any atom is 0.246 e. The van der Waals surface area contributed by atoms with Crippen molar-refractivity contribution >= 4 is 39.4 Å². The van der Waals surface area contributed by atoms with Gasteiger partial charge in [-0.15, -0.1) is 0 Å². The number of rotatable bonds is 6. The highest BCUT2D eigenvalue weighted by atomic mass is 32.1. The summed E-state index contributed by atoms with van der Waals surface area (Å²) in [5.41, 5.74) is 0.688. The van der Waals surface area contributed by atoms with Crippen LogP contribution in [0.25, 0.3) is 16.2 Å². The van der Waals surface area contributed by atoms with Crippen LogP contribution in [-0.4, -0.2) is 75.6 Å². The highest BCUT2D eigenvalue weighted by molar-refractivity contribution is 7.13. The van der Waals surface area contributed by atoms with Gasteiger partial charge < -0.3 is 20.0 Å². The third kappa shape index (κ3) is 5.44. The number of piperidine rings is 1. The topological polar surface area (TPSA) is 80.1 Å². The van der Waals surface area contributed by atoms with Gasteiger partial charge in [0.05, 0.1) is 4.70 Å². The summed E-state index contributed by atoms with van der Waals surface area (Å²) < 4.78 is 5.95. The van der Waals surface area contributed by atoms with E-state index in [-0.39, 0.29) is 23.4 Å². The molecule has 2 N–H and O–H groups in total. The number of nitrogens with zero attached hydrogens (tertiary/aromatic N) is 4. The molecule has 0 saturated carbocycles. The number of carbonyl (C=O) groups excluding carboxylic acids is 1. The SMILES string of the molecule is O=C(/C=C/c1ccc(O)c(O)c1)N1CCCC[C@@H]1CCN1CCN(c2nsc3ccccc23)CC1. The summed E-state index contributed by atoms with van der Waals surface area (Å²) in [4.78, 5) is 19.9. The second-order valence-corrected chi connectivity index (χ2v) is 10.2. The van der Waals surface area contributed by atoms with Gasteiger partial charge in [0.2, 0.25) is 5.91 Å². The Labute approximate surface area is 210 Å². The van der Waals surface area contributed by atoms with Crippen molar-refractivity contribution in [3.63, 3.8) is 0 Å². The minimum atomic E-state index is -0.182. The lowest BCUT2D eigenvalue weighted by Gasteiger charge is -2.39. The van der Waals surface area contributed by atoms with Gasteiger partial charge in [-0.05, 0) is 73.1 Å². The molecule has 3 aromatic rings. The van der Waals surface area contributed by atoms with E-state index in [9.17, 15) is 15.0 Å². The van der Waals surface area contributed by atoms with Crippen molar-refractivity contribution in [3.8, 4) is 11.5 Å². The molecule has 1 atom stereocenters. The van der Waals surface area contributed by atoms with Gasteiger partial charge in [0.15, 0.2) is 11.5 Å². The molecule has 0 unspecified atom stereocenters. The van der Waals surface area contributed by atoms with Gasteiger partial charge in [-0.25, -0.2) is 0 Å². The molecule has 1 amide bonds. The van der Waals surface area contributed by atoms with Gasteiger partial charge in [-0.2, -0.15) is 4.37 Å². The molecule has 5 rings (SSSR count). The van der Waals surface area contributed by atoms with E-state index in [4.69, 9.17) is 4.37 Å². The summed E-state index contributed by atoms with van der Waals surface area (Å²) in [6.45, 7) is 5.76. The van der Waals surface area contributed by atoms with E-state index in [1.807, 2.05) is 4.90 Å². The van der Waals surface area contributed by atoms with Gasteiger partial charge in [0.1, 0.15) is 5.82 Å². The quantitative estimate of drug-likeness (QED) is 0.394. The molecule has 2 aliphatic heterocycles. The molecule has 2 aromatic carbocycles. The number of fused-ring (bicyclic) bond motifs is 1. The number of aromatic nitrogens is 1. The Morgan fingerprint density at radius 2 is 1.86 bits per heavy atom. The van der Waals surface area contributed by atoms with Crippen LogP contribution in [0.3, 0.4) is 0 Å². The Kier molecular flexibility index (Phi) is 7.20. The van der Waals surface area contributed by atoms with Crippen molar-refractivity contribution in [2.24, 2.45) is 0 Å². The predicted octanol–water partition coefficient (Wildman–Crippen LogP) is 4.31.